The van der Waals surface area contributed by atoms with Crippen molar-refractivity contribution in [3.8, 4) is 5.88 Å². The molecule has 40 heavy (non-hydrogen) atoms. The van der Waals surface area contributed by atoms with Gasteiger partial charge in [0.15, 0.2) is 0 Å². The summed E-state index contributed by atoms with van der Waals surface area (Å²) >= 11 is 0. The lowest BCUT2D eigenvalue weighted by Gasteiger charge is -2.27. The molecule has 2 aromatic rings. The summed E-state index contributed by atoms with van der Waals surface area (Å²) in [6, 6.07) is -0.109. The number of nitrogens with two attached hydrogens (primary N) is 1. The SMILES string of the molecule is COCC(c1cc(F)cnc1OC)n1cc(NC(=O)C(NC(=O)C(/C=C\N)=NC(C)C)C(C2CC2)C2CC2)cn1. The van der Waals surface area contributed by atoms with Crippen molar-refractivity contribution in [3.05, 3.63) is 48.3 Å². The molecule has 0 aliphatic heterocycles. The first-order valence-corrected chi connectivity index (χ1v) is 13.6. The smallest absolute Gasteiger partial charge is 0.270 e. The zero-order valence-corrected chi connectivity index (χ0v) is 23.3. The van der Waals surface area contributed by atoms with E-state index in [1.807, 2.05) is 13.8 Å². The molecule has 2 aliphatic rings. The summed E-state index contributed by atoms with van der Waals surface area (Å²) in [5, 5.41) is 10.3. The fourth-order valence-corrected chi connectivity index (χ4v) is 5.10. The van der Waals surface area contributed by atoms with Crippen molar-refractivity contribution in [2.45, 2.75) is 57.7 Å². The summed E-state index contributed by atoms with van der Waals surface area (Å²) in [6.07, 6.45) is 11.1. The lowest BCUT2D eigenvalue weighted by molar-refractivity contribution is -0.124. The Morgan fingerprint density at radius 1 is 1.23 bits per heavy atom. The molecule has 2 fully saturated rings. The molecule has 2 aromatic heterocycles. The molecule has 4 rings (SSSR count). The number of hydrogen-bond acceptors (Lipinski definition) is 8. The van der Waals surface area contributed by atoms with Gasteiger partial charge in [-0.1, -0.05) is 0 Å². The third-order valence-corrected chi connectivity index (χ3v) is 7.08. The lowest BCUT2D eigenvalue weighted by atomic mass is 9.88. The van der Waals surface area contributed by atoms with Gasteiger partial charge in [0.1, 0.15) is 23.6 Å². The monoisotopic (exact) mass is 555 g/mol. The molecule has 0 saturated heterocycles. The molecule has 2 amide bonds. The van der Waals surface area contributed by atoms with Crippen LogP contribution in [0.3, 0.4) is 0 Å². The zero-order chi connectivity index (χ0) is 28.8. The van der Waals surface area contributed by atoms with Crippen LogP contribution in [0.25, 0.3) is 0 Å². The number of ether oxygens (including phenoxy) is 2. The van der Waals surface area contributed by atoms with E-state index in [0.717, 1.165) is 31.9 Å². The molecule has 4 N–H and O–H groups in total. The van der Waals surface area contributed by atoms with Crippen molar-refractivity contribution in [2.75, 3.05) is 26.1 Å². The highest BCUT2D eigenvalue weighted by Crippen LogP contribution is 2.50. The summed E-state index contributed by atoms with van der Waals surface area (Å²) in [4.78, 5) is 35.3. The van der Waals surface area contributed by atoms with Crippen molar-refractivity contribution in [1.82, 2.24) is 20.1 Å². The molecule has 2 atom stereocenters. The normalized spacial score (nSPS) is 17.3. The first-order chi connectivity index (χ1) is 19.2. The second-order valence-electron chi connectivity index (χ2n) is 10.6. The van der Waals surface area contributed by atoms with Crippen LogP contribution in [0.1, 0.15) is 51.1 Å². The van der Waals surface area contributed by atoms with Crippen LogP contribution in [-0.4, -0.2) is 65.2 Å². The number of carbonyl (C=O) groups is 2. The number of pyridine rings is 1. The molecule has 2 aliphatic carbocycles. The van der Waals surface area contributed by atoms with E-state index in [9.17, 15) is 14.0 Å². The standard InChI is InChI=1S/C28H38FN7O4/c1-16(2)33-22(9-10-30)26(37)35-25(24(17-5-6-17)18-7-8-18)27(38)34-20-13-32-36(14-20)23(15-39-3)21-11-19(29)12-31-28(21)40-4/h9-14,16-18,23-25H,5-8,15,30H2,1-4H3,(H,34,38)(H,35,37)/b10-9-,33-22?. The highest BCUT2D eigenvalue weighted by atomic mass is 19.1. The third-order valence-electron chi connectivity index (χ3n) is 7.08. The van der Waals surface area contributed by atoms with Crippen LogP contribution in [0.2, 0.25) is 0 Å². The summed E-state index contributed by atoms with van der Waals surface area (Å²) in [7, 11) is 2.98. The topological polar surface area (TPSA) is 146 Å². The summed E-state index contributed by atoms with van der Waals surface area (Å²) in [5.41, 5.74) is 6.61. The zero-order valence-electron chi connectivity index (χ0n) is 23.3. The number of methoxy groups -OCH3 is 2. The van der Waals surface area contributed by atoms with Crippen LogP contribution in [0.5, 0.6) is 5.88 Å². The van der Waals surface area contributed by atoms with Gasteiger partial charge in [0.25, 0.3) is 5.91 Å². The molecule has 0 aromatic carbocycles. The molecule has 12 heteroatoms. The number of rotatable bonds is 14. The summed E-state index contributed by atoms with van der Waals surface area (Å²) in [6.45, 7) is 3.89. The Bertz CT molecular complexity index is 1240. The van der Waals surface area contributed by atoms with Crippen molar-refractivity contribution in [1.29, 1.82) is 0 Å². The molecule has 2 saturated carbocycles. The average Bonchev–Trinajstić information content (AvgIpc) is 3.86. The van der Waals surface area contributed by atoms with E-state index in [0.29, 0.717) is 23.1 Å². The summed E-state index contributed by atoms with van der Waals surface area (Å²) in [5.74, 6) is -0.234. The number of aromatic nitrogens is 3. The molecule has 216 valence electrons. The van der Waals surface area contributed by atoms with Gasteiger partial charge in [0.2, 0.25) is 11.8 Å². The van der Waals surface area contributed by atoms with E-state index in [2.05, 4.69) is 25.7 Å². The van der Waals surface area contributed by atoms with Gasteiger partial charge in [-0.25, -0.2) is 9.37 Å². The Balaban J connectivity index is 1.58. The third kappa shape index (κ3) is 7.23. The molecule has 11 nitrogen and oxygen atoms in total. The van der Waals surface area contributed by atoms with Gasteiger partial charge in [0, 0.05) is 24.9 Å². The maximum atomic E-state index is 14.1. The number of nitrogens with one attached hydrogen (secondary N) is 2. The van der Waals surface area contributed by atoms with Crippen molar-refractivity contribution in [2.24, 2.45) is 28.5 Å². The molecule has 0 radical (unpaired) electrons. The number of hydrogen-bond donors (Lipinski definition) is 3. The Labute approximate surface area is 233 Å². The fraction of sp³-hybridized carbons (Fsp3) is 0.536. The predicted octanol–water partition coefficient (Wildman–Crippen LogP) is 2.84. The largest absolute Gasteiger partial charge is 0.481 e. The molecule has 0 bridgehead atoms. The van der Waals surface area contributed by atoms with Crippen LogP contribution in [0.4, 0.5) is 10.1 Å². The molecular weight excluding hydrogens is 517 g/mol. The Morgan fingerprint density at radius 2 is 1.93 bits per heavy atom. The highest BCUT2D eigenvalue weighted by molar-refractivity contribution is 6.43. The number of nitrogens with zero attached hydrogens (tertiary/aromatic N) is 4. The quantitative estimate of drug-likeness (QED) is 0.304. The van der Waals surface area contributed by atoms with Gasteiger partial charge < -0.3 is 25.8 Å². The predicted molar refractivity (Wildman–Crippen MR) is 148 cm³/mol. The first-order valence-electron chi connectivity index (χ1n) is 13.6. The van der Waals surface area contributed by atoms with Gasteiger partial charge in [0.05, 0.1) is 31.8 Å². The van der Waals surface area contributed by atoms with Crippen molar-refractivity contribution in [3.63, 3.8) is 0 Å². The number of amides is 2. The van der Waals surface area contributed by atoms with Crippen molar-refractivity contribution >= 4 is 23.2 Å². The second-order valence-corrected chi connectivity index (χ2v) is 10.6. The first kappa shape index (κ1) is 29.2. The minimum Gasteiger partial charge on any atom is -0.481 e. The molecular formula is C28H38FN7O4. The van der Waals surface area contributed by atoms with Gasteiger partial charge in [-0.15, -0.1) is 0 Å². The number of halogens is 1. The number of anilines is 1. The van der Waals surface area contributed by atoms with Gasteiger partial charge >= 0.3 is 0 Å². The van der Waals surface area contributed by atoms with Gasteiger partial charge in [-0.2, -0.15) is 5.10 Å². The van der Waals surface area contributed by atoms with Gasteiger partial charge in [-0.05, 0) is 75.6 Å². The van der Waals surface area contributed by atoms with E-state index < -0.39 is 23.8 Å². The lowest BCUT2D eigenvalue weighted by Crippen LogP contribution is -2.51. The maximum Gasteiger partial charge on any atom is 0.270 e. The minimum absolute atomic E-state index is 0.0324. The number of carbonyl (C=O) groups excluding carboxylic acids is 2. The van der Waals surface area contributed by atoms with Crippen LogP contribution in [-0.2, 0) is 14.3 Å². The Hall–Kier alpha value is -3.80. The van der Waals surface area contributed by atoms with E-state index in [4.69, 9.17) is 15.2 Å². The molecule has 2 unspecified atom stereocenters. The van der Waals surface area contributed by atoms with E-state index in [1.165, 1.54) is 38.8 Å². The number of aliphatic imine (C=N–C) groups is 1. The minimum atomic E-state index is -0.748. The highest BCUT2D eigenvalue weighted by Gasteiger charge is 2.48. The van der Waals surface area contributed by atoms with Gasteiger partial charge in [-0.3, -0.25) is 19.3 Å². The summed E-state index contributed by atoms with van der Waals surface area (Å²) < 4.78 is 26.3. The average molecular weight is 556 g/mol. The Kier molecular flexibility index (Phi) is 9.51. The van der Waals surface area contributed by atoms with Crippen molar-refractivity contribution < 1.29 is 23.5 Å². The van der Waals surface area contributed by atoms with Crippen LogP contribution < -0.4 is 21.1 Å². The molecule has 0 spiro atoms. The van der Waals surface area contributed by atoms with Crippen LogP contribution >= 0.6 is 0 Å². The van der Waals surface area contributed by atoms with Crippen LogP contribution in [0, 0.1) is 23.6 Å². The maximum absolute atomic E-state index is 14.1. The second kappa shape index (κ2) is 13.0. The van der Waals surface area contributed by atoms with E-state index in [1.54, 1.807) is 10.9 Å². The van der Waals surface area contributed by atoms with E-state index in [-0.39, 0.29) is 36.1 Å². The van der Waals surface area contributed by atoms with Crippen LogP contribution in [0.15, 0.2) is 41.9 Å². The van der Waals surface area contributed by atoms with E-state index >= 15 is 0 Å². The fourth-order valence-electron chi connectivity index (χ4n) is 5.10. The molecule has 2 heterocycles. The Morgan fingerprint density at radius 3 is 2.50 bits per heavy atom.